The molecule has 0 aromatic rings. The highest BCUT2D eigenvalue weighted by Crippen LogP contribution is 2.17. The third kappa shape index (κ3) is 63.6. The van der Waals surface area contributed by atoms with Crippen LogP contribution in [0.5, 0.6) is 0 Å². The average molecular weight is 1080 g/mol. The lowest BCUT2D eigenvalue weighted by Gasteiger charge is -2.18. The number of rotatable bonds is 61. The Morgan fingerprint density at radius 2 is 0.506 bits per heavy atom. The molecular formula is C71H126O6. The van der Waals surface area contributed by atoms with Gasteiger partial charge in [-0.25, -0.2) is 0 Å². The minimum absolute atomic E-state index is 0.0799. The van der Waals surface area contributed by atoms with Gasteiger partial charge in [-0.15, -0.1) is 0 Å². The predicted molar refractivity (Wildman–Crippen MR) is 335 cm³/mol. The summed E-state index contributed by atoms with van der Waals surface area (Å²) >= 11 is 0. The predicted octanol–water partition coefficient (Wildman–Crippen LogP) is 22.9. The largest absolute Gasteiger partial charge is 0.462 e. The van der Waals surface area contributed by atoms with Gasteiger partial charge in [0.1, 0.15) is 13.2 Å². The molecule has 0 fully saturated rings. The number of esters is 3. The minimum atomic E-state index is -0.784. The van der Waals surface area contributed by atoms with E-state index < -0.39 is 6.10 Å². The lowest BCUT2D eigenvalue weighted by molar-refractivity contribution is -0.167. The summed E-state index contributed by atoms with van der Waals surface area (Å²) in [5, 5.41) is 0. The summed E-state index contributed by atoms with van der Waals surface area (Å²) in [4.78, 5) is 38.3. The second-order valence-corrected chi connectivity index (χ2v) is 22.4. The first-order valence-corrected chi connectivity index (χ1v) is 33.4. The van der Waals surface area contributed by atoms with Gasteiger partial charge in [-0.05, 0) is 89.9 Å². The molecule has 1 unspecified atom stereocenters. The summed E-state index contributed by atoms with van der Waals surface area (Å²) in [7, 11) is 0. The highest BCUT2D eigenvalue weighted by molar-refractivity contribution is 5.71. The van der Waals surface area contributed by atoms with Gasteiger partial charge in [-0.3, -0.25) is 14.4 Å². The monoisotopic (exact) mass is 1070 g/mol. The van der Waals surface area contributed by atoms with Crippen molar-refractivity contribution >= 4 is 17.9 Å². The van der Waals surface area contributed by atoms with Gasteiger partial charge in [-0.2, -0.15) is 0 Å². The highest BCUT2D eigenvalue weighted by atomic mass is 16.6. The molecule has 0 spiro atoms. The highest BCUT2D eigenvalue weighted by Gasteiger charge is 2.19. The smallest absolute Gasteiger partial charge is 0.306 e. The van der Waals surface area contributed by atoms with Gasteiger partial charge in [0.2, 0.25) is 0 Å². The topological polar surface area (TPSA) is 78.9 Å². The van der Waals surface area contributed by atoms with Gasteiger partial charge in [0.25, 0.3) is 0 Å². The maximum absolute atomic E-state index is 12.9. The summed E-state index contributed by atoms with van der Waals surface area (Å²) in [6, 6.07) is 0. The normalized spacial score (nSPS) is 12.5. The zero-order chi connectivity index (χ0) is 55.7. The van der Waals surface area contributed by atoms with Gasteiger partial charge in [0.05, 0.1) is 0 Å². The van der Waals surface area contributed by atoms with Crippen molar-refractivity contribution < 1.29 is 28.6 Å². The van der Waals surface area contributed by atoms with Crippen LogP contribution in [-0.4, -0.2) is 37.2 Å². The molecule has 0 saturated carbocycles. The molecule has 0 aliphatic carbocycles. The van der Waals surface area contributed by atoms with E-state index >= 15 is 0 Å². The molecule has 0 aromatic carbocycles. The molecule has 0 amide bonds. The summed E-state index contributed by atoms with van der Waals surface area (Å²) in [6.45, 7) is 6.55. The van der Waals surface area contributed by atoms with Crippen LogP contribution in [0, 0.1) is 0 Å². The van der Waals surface area contributed by atoms with Crippen LogP contribution < -0.4 is 0 Å². The molecule has 0 aliphatic rings. The van der Waals surface area contributed by atoms with E-state index in [-0.39, 0.29) is 31.1 Å². The van der Waals surface area contributed by atoms with E-state index in [0.717, 1.165) is 109 Å². The molecule has 0 aromatic heterocycles. The van der Waals surface area contributed by atoms with E-state index in [0.29, 0.717) is 19.3 Å². The van der Waals surface area contributed by atoms with Gasteiger partial charge < -0.3 is 14.2 Å². The zero-order valence-corrected chi connectivity index (χ0v) is 51.2. The molecular weight excluding hydrogens is 949 g/mol. The van der Waals surface area contributed by atoms with Crippen molar-refractivity contribution in [2.24, 2.45) is 0 Å². The van der Waals surface area contributed by atoms with Gasteiger partial charge in [0.15, 0.2) is 6.10 Å². The number of hydrogen-bond donors (Lipinski definition) is 0. The van der Waals surface area contributed by atoms with E-state index in [2.05, 4.69) is 93.7 Å². The van der Waals surface area contributed by atoms with Gasteiger partial charge in [-0.1, -0.05) is 306 Å². The van der Waals surface area contributed by atoms with Crippen molar-refractivity contribution in [2.75, 3.05) is 13.2 Å². The number of hydrogen-bond acceptors (Lipinski definition) is 6. The number of unbranched alkanes of at least 4 members (excludes halogenated alkanes) is 38. The molecule has 6 nitrogen and oxygen atoms in total. The molecule has 0 N–H and O–H groups in total. The molecule has 0 radical (unpaired) electrons. The van der Waals surface area contributed by atoms with Crippen molar-refractivity contribution in [3.05, 3.63) is 72.9 Å². The molecule has 0 saturated heterocycles. The van der Waals surface area contributed by atoms with Crippen molar-refractivity contribution in [3.63, 3.8) is 0 Å². The number of carbonyl (C=O) groups is 3. The standard InChI is InChI=1S/C71H126O6/c1-4-7-10-13-16-19-22-24-26-28-30-32-33-34-35-36-37-39-40-42-44-46-49-52-55-58-61-64-70(73)76-67-68(66-75-69(72)63-60-57-54-51-48-21-18-15-12-9-6-3)77-71(74)65-62-59-56-53-50-47-45-43-41-38-31-29-27-25-23-20-17-14-11-8-5-2/h8,11,17,20,25,27-28,30-31,38,43,45,68H,4-7,9-10,12-16,18-19,21-24,26,29,32-37,39-42,44,46-67H2,1-3H3/b11-8-,20-17-,27-25-,30-28-,38-31-,45-43-. The first-order valence-electron chi connectivity index (χ1n) is 33.4. The summed E-state index contributed by atoms with van der Waals surface area (Å²) in [6.07, 6.45) is 85.0. The van der Waals surface area contributed by atoms with E-state index in [1.54, 1.807) is 0 Å². The Labute approximate surface area is 478 Å². The van der Waals surface area contributed by atoms with Gasteiger partial charge in [0, 0.05) is 19.3 Å². The first kappa shape index (κ1) is 73.8. The number of carbonyl (C=O) groups excluding carboxylic acids is 3. The van der Waals surface area contributed by atoms with Crippen LogP contribution in [0.4, 0.5) is 0 Å². The van der Waals surface area contributed by atoms with E-state index in [4.69, 9.17) is 14.2 Å². The number of ether oxygens (including phenoxy) is 3. The van der Waals surface area contributed by atoms with Crippen molar-refractivity contribution in [1.29, 1.82) is 0 Å². The molecule has 0 rings (SSSR count). The SMILES string of the molecule is CC/C=C\C/C=C\C/C=C\C/C=C\C/C=C\CCCCCCCC(=O)OC(COC(=O)CCCCCCCCCCCCC)COC(=O)CCCCCCCCCCCCCCCCC/C=C\CCCCCCCCCC. The third-order valence-corrected chi connectivity index (χ3v) is 14.7. The quantitative estimate of drug-likeness (QED) is 0.0261. The molecule has 0 aliphatic heterocycles. The minimum Gasteiger partial charge on any atom is -0.462 e. The second-order valence-electron chi connectivity index (χ2n) is 22.4. The fourth-order valence-corrected chi connectivity index (χ4v) is 9.70. The molecule has 0 bridgehead atoms. The summed E-state index contributed by atoms with van der Waals surface area (Å²) in [5.74, 6) is -0.883. The number of allylic oxidation sites excluding steroid dienone is 12. The van der Waals surface area contributed by atoms with Crippen LogP contribution in [0.25, 0.3) is 0 Å². The molecule has 6 heteroatoms. The van der Waals surface area contributed by atoms with E-state index in [1.807, 2.05) is 0 Å². The van der Waals surface area contributed by atoms with Crippen molar-refractivity contribution in [3.8, 4) is 0 Å². The Morgan fingerprint density at radius 1 is 0.273 bits per heavy atom. The maximum Gasteiger partial charge on any atom is 0.306 e. The van der Waals surface area contributed by atoms with Crippen LogP contribution in [0.3, 0.4) is 0 Å². The Balaban J connectivity index is 4.24. The Kier molecular flexibility index (Phi) is 62.7. The molecule has 77 heavy (non-hydrogen) atoms. The van der Waals surface area contributed by atoms with E-state index in [9.17, 15) is 14.4 Å². The van der Waals surface area contributed by atoms with E-state index in [1.165, 1.54) is 193 Å². The molecule has 1 atom stereocenters. The van der Waals surface area contributed by atoms with Crippen molar-refractivity contribution in [1.82, 2.24) is 0 Å². The van der Waals surface area contributed by atoms with Crippen LogP contribution in [0.15, 0.2) is 72.9 Å². The zero-order valence-electron chi connectivity index (χ0n) is 51.2. The lowest BCUT2D eigenvalue weighted by Crippen LogP contribution is -2.30. The first-order chi connectivity index (χ1) is 38.0. The lowest BCUT2D eigenvalue weighted by atomic mass is 10.0. The summed E-state index contributed by atoms with van der Waals surface area (Å²) in [5.41, 5.74) is 0. The van der Waals surface area contributed by atoms with Crippen LogP contribution in [-0.2, 0) is 28.6 Å². The fraction of sp³-hybridized carbons (Fsp3) is 0.789. The van der Waals surface area contributed by atoms with Crippen molar-refractivity contribution in [2.45, 2.75) is 348 Å². The van der Waals surface area contributed by atoms with Crippen LogP contribution in [0.1, 0.15) is 342 Å². The fourth-order valence-electron chi connectivity index (χ4n) is 9.70. The van der Waals surface area contributed by atoms with Gasteiger partial charge >= 0.3 is 17.9 Å². The second kappa shape index (κ2) is 65.4. The Bertz CT molecular complexity index is 1420. The Morgan fingerprint density at radius 3 is 0.805 bits per heavy atom. The average Bonchev–Trinajstić information content (AvgIpc) is 3.43. The van der Waals surface area contributed by atoms with Crippen LogP contribution in [0.2, 0.25) is 0 Å². The maximum atomic E-state index is 12.9. The Hall–Kier alpha value is -3.15. The molecule has 0 heterocycles. The molecule has 446 valence electrons. The third-order valence-electron chi connectivity index (χ3n) is 14.7. The van der Waals surface area contributed by atoms with Crippen LogP contribution >= 0.6 is 0 Å². The summed E-state index contributed by atoms with van der Waals surface area (Å²) < 4.78 is 16.9.